The van der Waals surface area contributed by atoms with Gasteiger partial charge in [-0.3, -0.25) is 9.98 Å². The van der Waals surface area contributed by atoms with Crippen LogP contribution in [0.4, 0.5) is 5.82 Å². The first-order valence-electron chi connectivity index (χ1n) is 9.71. The summed E-state index contributed by atoms with van der Waals surface area (Å²) in [5, 5.41) is 7.00. The molecule has 1 fully saturated rings. The highest BCUT2D eigenvalue weighted by atomic mass is 15.2. The summed E-state index contributed by atoms with van der Waals surface area (Å²) in [5.74, 6) is 1.97. The van der Waals surface area contributed by atoms with Gasteiger partial charge in [-0.15, -0.1) is 0 Å². The van der Waals surface area contributed by atoms with Crippen molar-refractivity contribution in [2.45, 2.75) is 39.2 Å². The number of aryl methyl sites for hydroxylation is 2. The van der Waals surface area contributed by atoms with E-state index in [1.807, 2.05) is 32.4 Å². The summed E-state index contributed by atoms with van der Waals surface area (Å²) < 4.78 is 0. The minimum Gasteiger partial charge on any atom is -0.356 e. The number of aromatic nitrogens is 2. The molecule has 0 unspecified atom stereocenters. The van der Waals surface area contributed by atoms with Crippen LogP contribution < -0.4 is 15.5 Å². The van der Waals surface area contributed by atoms with Crippen LogP contribution in [0.15, 0.2) is 41.7 Å². The average molecular weight is 367 g/mol. The Morgan fingerprint density at radius 1 is 1.22 bits per heavy atom. The van der Waals surface area contributed by atoms with Gasteiger partial charge in [0.25, 0.3) is 0 Å². The maximum Gasteiger partial charge on any atom is 0.191 e. The molecule has 144 valence electrons. The minimum absolute atomic E-state index is 0.444. The lowest BCUT2D eigenvalue weighted by molar-refractivity contribution is 0.459. The maximum atomic E-state index is 4.64. The number of hydrogen-bond donors (Lipinski definition) is 2. The van der Waals surface area contributed by atoms with E-state index in [-0.39, 0.29) is 0 Å². The number of aliphatic imine (C=N–C) groups is 1. The molecule has 2 aromatic rings. The van der Waals surface area contributed by atoms with E-state index >= 15 is 0 Å². The van der Waals surface area contributed by atoms with Gasteiger partial charge in [-0.1, -0.05) is 6.07 Å². The number of pyridine rings is 2. The summed E-state index contributed by atoms with van der Waals surface area (Å²) in [6.45, 7) is 7.03. The summed E-state index contributed by atoms with van der Waals surface area (Å²) in [7, 11) is 1.83. The molecule has 0 radical (unpaired) electrons. The first-order valence-corrected chi connectivity index (χ1v) is 9.71. The van der Waals surface area contributed by atoms with Crippen molar-refractivity contribution in [3.8, 4) is 0 Å². The first-order chi connectivity index (χ1) is 13.2. The number of anilines is 1. The largest absolute Gasteiger partial charge is 0.356 e. The molecule has 27 heavy (non-hydrogen) atoms. The van der Waals surface area contributed by atoms with Crippen molar-refractivity contribution < 1.29 is 0 Å². The summed E-state index contributed by atoms with van der Waals surface area (Å²) in [6.07, 6.45) is 6.90. The molecule has 3 rings (SSSR count). The Balaban J connectivity index is 1.44. The predicted molar refractivity (Wildman–Crippen MR) is 111 cm³/mol. The Bertz CT molecular complexity index is 765. The van der Waals surface area contributed by atoms with Gasteiger partial charge < -0.3 is 15.5 Å². The van der Waals surface area contributed by atoms with Gasteiger partial charge in [0, 0.05) is 50.8 Å². The van der Waals surface area contributed by atoms with Gasteiger partial charge in [0.2, 0.25) is 0 Å². The molecule has 0 saturated carbocycles. The van der Waals surface area contributed by atoms with E-state index in [4.69, 9.17) is 0 Å². The second kappa shape index (κ2) is 9.35. The van der Waals surface area contributed by atoms with E-state index in [2.05, 4.69) is 55.6 Å². The SMILES string of the molecule is CN=C(NCCc1ccncc1C)NC1CCN(c2cccc(C)n2)CC1. The van der Waals surface area contributed by atoms with Crippen molar-refractivity contribution in [3.63, 3.8) is 0 Å². The van der Waals surface area contributed by atoms with Gasteiger partial charge in [0.15, 0.2) is 5.96 Å². The number of rotatable bonds is 5. The van der Waals surface area contributed by atoms with Crippen LogP contribution in [0.3, 0.4) is 0 Å². The summed E-state index contributed by atoms with van der Waals surface area (Å²) in [4.78, 5) is 15.5. The fourth-order valence-electron chi connectivity index (χ4n) is 3.44. The molecule has 0 bridgehead atoms. The first kappa shape index (κ1) is 19.1. The normalized spacial score (nSPS) is 15.7. The molecule has 3 heterocycles. The smallest absolute Gasteiger partial charge is 0.191 e. The predicted octanol–water partition coefficient (Wildman–Crippen LogP) is 2.47. The average Bonchev–Trinajstić information content (AvgIpc) is 2.69. The molecule has 1 saturated heterocycles. The van der Waals surface area contributed by atoms with Gasteiger partial charge in [0.05, 0.1) is 0 Å². The number of nitrogens with one attached hydrogen (secondary N) is 2. The Hall–Kier alpha value is -2.63. The van der Waals surface area contributed by atoms with Crippen LogP contribution in [0.5, 0.6) is 0 Å². The van der Waals surface area contributed by atoms with Crippen molar-refractivity contribution >= 4 is 11.8 Å². The molecular weight excluding hydrogens is 336 g/mol. The second-order valence-electron chi connectivity index (χ2n) is 7.09. The zero-order chi connectivity index (χ0) is 19.1. The Labute approximate surface area is 162 Å². The lowest BCUT2D eigenvalue weighted by atomic mass is 10.1. The van der Waals surface area contributed by atoms with Gasteiger partial charge >= 0.3 is 0 Å². The molecule has 0 atom stereocenters. The second-order valence-corrected chi connectivity index (χ2v) is 7.09. The molecular formula is C21H30N6. The van der Waals surface area contributed by atoms with Crippen molar-refractivity contribution in [3.05, 3.63) is 53.5 Å². The third-order valence-electron chi connectivity index (χ3n) is 5.08. The Morgan fingerprint density at radius 2 is 2.04 bits per heavy atom. The monoisotopic (exact) mass is 366 g/mol. The third kappa shape index (κ3) is 5.42. The maximum absolute atomic E-state index is 4.64. The van der Waals surface area contributed by atoms with Crippen molar-refractivity contribution in [1.29, 1.82) is 0 Å². The van der Waals surface area contributed by atoms with Crippen LogP contribution in [0.25, 0.3) is 0 Å². The summed E-state index contributed by atoms with van der Waals surface area (Å²) in [5.41, 5.74) is 3.63. The molecule has 6 heteroatoms. The van der Waals surface area contributed by atoms with E-state index in [0.717, 1.165) is 56.4 Å². The Kier molecular flexibility index (Phi) is 6.63. The lowest BCUT2D eigenvalue weighted by Crippen LogP contribution is -2.49. The van der Waals surface area contributed by atoms with Crippen LogP contribution in [-0.4, -0.2) is 48.7 Å². The van der Waals surface area contributed by atoms with Gasteiger partial charge in [0.1, 0.15) is 5.82 Å². The fourth-order valence-corrected chi connectivity index (χ4v) is 3.44. The third-order valence-corrected chi connectivity index (χ3v) is 5.08. The zero-order valence-electron chi connectivity index (χ0n) is 16.6. The van der Waals surface area contributed by atoms with E-state index in [1.54, 1.807) is 0 Å². The number of nitrogens with zero attached hydrogens (tertiary/aromatic N) is 4. The van der Waals surface area contributed by atoms with Gasteiger partial charge in [-0.05, 0) is 62.4 Å². The molecule has 6 nitrogen and oxygen atoms in total. The van der Waals surface area contributed by atoms with E-state index in [9.17, 15) is 0 Å². The molecule has 1 aliphatic rings. The van der Waals surface area contributed by atoms with Crippen LogP contribution in [0, 0.1) is 13.8 Å². The summed E-state index contributed by atoms with van der Waals surface area (Å²) in [6, 6.07) is 8.75. The van der Waals surface area contributed by atoms with E-state index < -0.39 is 0 Å². The highest BCUT2D eigenvalue weighted by molar-refractivity contribution is 5.80. The molecule has 0 amide bonds. The van der Waals surface area contributed by atoms with Crippen LogP contribution in [0.2, 0.25) is 0 Å². The molecule has 0 spiro atoms. The van der Waals surface area contributed by atoms with Crippen LogP contribution >= 0.6 is 0 Å². The quantitative estimate of drug-likeness (QED) is 0.629. The lowest BCUT2D eigenvalue weighted by Gasteiger charge is -2.34. The Morgan fingerprint density at radius 3 is 2.74 bits per heavy atom. The standard InChI is InChI=1S/C21H30N6/c1-16-15-23-11-7-18(16)8-12-24-21(22-3)26-19-9-13-27(14-10-19)20-6-4-5-17(2)25-20/h4-7,11,15,19H,8-10,12-14H2,1-3H3,(H2,22,24,26). The molecule has 2 N–H and O–H groups in total. The van der Waals surface area contributed by atoms with Crippen molar-refractivity contribution in [1.82, 2.24) is 20.6 Å². The molecule has 2 aromatic heterocycles. The number of hydrogen-bond acceptors (Lipinski definition) is 4. The molecule has 1 aliphatic heterocycles. The topological polar surface area (TPSA) is 65.4 Å². The number of guanidine groups is 1. The van der Waals surface area contributed by atoms with Crippen molar-refractivity contribution in [2.24, 2.45) is 4.99 Å². The van der Waals surface area contributed by atoms with E-state index in [1.165, 1.54) is 11.1 Å². The van der Waals surface area contributed by atoms with Gasteiger partial charge in [-0.2, -0.15) is 0 Å². The fraction of sp³-hybridized carbons (Fsp3) is 0.476. The van der Waals surface area contributed by atoms with Crippen LogP contribution in [-0.2, 0) is 6.42 Å². The number of piperidine rings is 1. The van der Waals surface area contributed by atoms with E-state index in [0.29, 0.717) is 6.04 Å². The zero-order valence-corrected chi connectivity index (χ0v) is 16.6. The minimum atomic E-state index is 0.444. The summed E-state index contributed by atoms with van der Waals surface area (Å²) >= 11 is 0. The highest BCUT2D eigenvalue weighted by Crippen LogP contribution is 2.18. The molecule has 0 aromatic carbocycles. The van der Waals surface area contributed by atoms with Crippen molar-refractivity contribution in [2.75, 3.05) is 31.6 Å². The highest BCUT2D eigenvalue weighted by Gasteiger charge is 2.20. The van der Waals surface area contributed by atoms with Gasteiger partial charge in [-0.25, -0.2) is 4.98 Å². The van der Waals surface area contributed by atoms with Crippen LogP contribution in [0.1, 0.15) is 29.7 Å². The molecule has 0 aliphatic carbocycles.